The molecule has 0 spiro atoms. The molecular formula is C19H32IN5O2. The van der Waals surface area contributed by atoms with Crippen molar-refractivity contribution in [1.29, 1.82) is 0 Å². The number of aryl methyl sites for hydroxylation is 1. The van der Waals surface area contributed by atoms with Crippen LogP contribution < -0.4 is 16.2 Å². The highest BCUT2D eigenvalue weighted by molar-refractivity contribution is 14.0. The Hall–Kier alpha value is -1.58. The Kier molecular flexibility index (Phi) is 11.1. The van der Waals surface area contributed by atoms with E-state index in [9.17, 15) is 9.59 Å². The summed E-state index contributed by atoms with van der Waals surface area (Å²) in [5.41, 5.74) is 0.0518. The van der Waals surface area contributed by atoms with E-state index in [1.807, 2.05) is 19.3 Å². The second-order valence-electron chi connectivity index (χ2n) is 6.72. The second-order valence-corrected chi connectivity index (χ2v) is 6.72. The third-order valence-electron chi connectivity index (χ3n) is 4.89. The number of unbranched alkanes of at least 4 members (excludes halogenated alkanes) is 1. The number of aliphatic imine (C=N–C) groups is 1. The lowest BCUT2D eigenvalue weighted by Gasteiger charge is -2.34. The molecule has 2 N–H and O–H groups in total. The van der Waals surface area contributed by atoms with Crippen LogP contribution in [0.4, 0.5) is 0 Å². The Morgan fingerprint density at radius 2 is 2.00 bits per heavy atom. The highest BCUT2D eigenvalue weighted by Crippen LogP contribution is 2.20. The minimum Gasteiger partial charge on any atom is -0.359 e. The predicted molar refractivity (Wildman–Crippen MR) is 120 cm³/mol. The third kappa shape index (κ3) is 7.90. The summed E-state index contributed by atoms with van der Waals surface area (Å²) in [6, 6.07) is 5.24. The van der Waals surface area contributed by atoms with Crippen molar-refractivity contribution < 1.29 is 4.79 Å². The fraction of sp³-hybridized carbons (Fsp3) is 0.632. The van der Waals surface area contributed by atoms with E-state index in [1.54, 1.807) is 23.7 Å². The molecule has 0 unspecified atom stereocenters. The first-order chi connectivity index (χ1) is 12.6. The van der Waals surface area contributed by atoms with Crippen LogP contribution in [0.25, 0.3) is 0 Å². The number of carbonyl (C=O) groups is 1. The van der Waals surface area contributed by atoms with E-state index in [-0.39, 0.29) is 35.4 Å². The maximum absolute atomic E-state index is 11.7. The smallest absolute Gasteiger partial charge is 0.250 e. The summed E-state index contributed by atoms with van der Waals surface area (Å²) < 4.78 is 1.74. The Labute approximate surface area is 178 Å². The number of carbonyl (C=O) groups excluding carboxylic acids is 1. The summed E-state index contributed by atoms with van der Waals surface area (Å²) in [7, 11) is 3.50. The summed E-state index contributed by atoms with van der Waals surface area (Å²) in [6.45, 7) is 3.44. The van der Waals surface area contributed by atoms with Gasteiger partial charge in [-0.1, -0.05) is 6.07 Å². The Bertz CT molecular complexity index is 654. The van der Waals surface area contributed by atoms with E-state index >= 15 is 0 Å². The van der Waals surface area contributed by atoms with Gasteiger partial charge in [0.15, 0.2) is 5.96 Å². The van der Waals surface area contributed by atoms with Crippen LogP contribution in [-0.2, 0) is 11.3 Å². The lowest BCUT2D eigenvalue weighted by molar-refractivity contribution is -0.121. The minimum absolute atomic E-state index is 0. The van der Waals surface area contributed by atoms with Gasteiger partial charge in [-0.3, -0.25) is 14.6 Å². The topological polar surface area (TPSA) is 78.7 Å². The van der Waals surface area contributed by atoms with Crippen molar-refractivity contribution in [2.24, 2.45) is 10.9 Å². The normalized spacial score (nSPS) is 15.2. The summed E-state index contributed by atoms with van der Waals surface area (Å²) in [5, 5.41) is 6.12. The van der Waals surface area contributed by atoms with Crippen molar-refractivity contribution in [2.45, 2.75) is 38.6 Å². The van der Waals surface area contributed by atoms with Gasteiger partial charge in [-0.05, 0) is 37.7 Å². The highest BCUT2D eigenvalue weighted by Gasteiger charge is 2.22. The molecule has 0 aromatic carbocycles. The molecular weight excluding hydrogens is 457 g/mol. The molecule has 2 heterocycles. The Balaban J connectivity index is 0.00000364. The molecule has 0 radical (unpaired) electrons. The van der Waals surface area contributed by atoms with Crippen LogP contribution in [0.3, 0.4) is 0 Å². The number of nitrogens with zero attached hydrogens (tertiary/aromatic N) is 3. The average Bonchev–Trinajstić information content (AvgIpc) is 2.67. The first-order valence-corrected chi connectivity index (χ1v) is 9.45. The zero-order valence-electron chi connectivity index (χ0n) is 16.3. The van der Waals surface area contributed by atoms with E-state index in [1.165, 1.54) is 0 Å². The lowest BCUT2D eigenvalue weighted by Crippen LogP contribution is -2.46. The van der Waals surface area contributed by atoms with Crippen molar-refractivity contribution in [3.63, 3.8) is 0 Å². The molecule has 0 bridgehead atoms. The zero-order valence-corrected chi connectivity index (χ0v) is 18.6. The first kappa shape index (κ1) is 23.5. The van der Waals surface area contributed by atoms with Gasteiger partial charge in [0.25, 0.3) is 0 Å². The molecule has 7 nitrogen and oxygen atoms in total. The van der Waals surface area contributed by atoms with Crippen molar-refractivity contribution >= 4 is 35.8 Å². The van der Waals surface area contributed by atoms with Gasteiger partial charge in [-0.25, -0.2) is 0 Å². The number of hydrogen-bond acceptors (Lipinski definition) is 3. The SMILES string of the molecule is CN=C(NCCCCn1ccccc1=O)N1CCC(CC(=O)NC)CC1.I. The monoisotopic (exact) mass is 489 g/mol. The summed E-state index contributed by atoms with van der Waals surface area (Å²) in [6.07, 6.45) is 6.42. The van der Waals surface area contributed by atoms with Gasteiger partial charge in [0.05, 0.1) is 0 Å². The number of nitrogens with one attached hydrogen (secondary N) is 2. The molecule has 1 saturated heterocycles. The van der Waals surface area contributed by atoms with Crippen LogP contribution in [0.1, 0.15) is 32.1 Å². The van der Waals surface area contributed by atoms with Gasteiger partial charge in [0, 0.05) is 59.0 Å². The predicted octanol–water partition coefficient (Wildman–Crippen LogP) is 1.67. The van der Waals surface area contributed by atoms with Crippen LogP contribution in [0.2, 0.25) is 0 Å². The van der Waals surface area contributed by atoms with Gasteiger partial charge in [-0.2, -0.15) is 0 Å². The summed E-state index contributed by atoms with van der Waals surface area (Å²) >= 11 is 0. The molecule has 1 fully saturated rings. The molecule has 1 aliphatic rings. The maximum Gasteiger partial charge on any atom is 0.250 e. The number of pyridine rings is 1. The second kappa shape index (κ2) is 12.7. The molecule has 1 amide bonds. The van der Waals surface area contributed by atoms with E-state index in [0.717, 1.165) is 57.8 Å². The van der Waals surface area contributed by atoms with Crippen molar-refractivity contribution in [3.8, 4) is 0 Å². The molecule has 1 aromatic rings. The van der Waals surface area contributed by atoms with Crippen molar-refractivity contribution in [1.82, 2.24) is 20.1 Å². The number of piperidine rings is 1. The zero-order chi connectivity index (χ0) is 18.8. The van der Waals surface area contributed by atoms with Gasteiger partial charge in [-0.15, -0.1) is 24.0 Å². The standard InChI is InChI=1S/C19H31N5O2.HI/c1-20-17(25)15-16-8-13-24(14-9-16)19(21-2)22-10-4-6-12-23-11-5-3-7-18(23)26;/h3,5,7,11,16H,4,6,8-10,12-15H2,1-2H3,(H,20,25)(H,21,22);1H. The molecule has 0 aliphatic carbocycles. The fourth-order valence-electron chi connectivity index (χ4n) is 3.30. The van der Waals surface area contributed by atoms with Gasteiger partial charge in [0.2, 0.25) is 11.5 Å². The molecule has 152 valence electrons. The van der Waals surface area contributed by atoms with E-state index in [4.69, 9.17) is 0 Å². The number of hydrogen-bond donors (Lipinski definition) is 2. The van der Waals surface area contributed by atoms with E-state index < -0.39 is 0 Å². The molecule has 8 heteroatoms. The Morgan fingerprint density at radius 3 is 2.63 bits per heavy atom. The average molecular weight is 489 g/mol. The number of likely N-dealkylation sites (tertiary alicyclic amines) is 1. The number of rotatable bonds is 7. The Morgan fingerprint density at radius 1 is 1.26 bits per heavy atom. The van der Waals surface area contributed by atoms with Crippen LogP contribution in [0.5, 0.6) is 0 Å². The fourth-order valence-corrected chi connectivity index (χ4v) is 3.30. The number of guanidine groups is 1. The van der Waals surface area contributed by atoms with Gasteiger partial charge in [0.1, 0.15) is 0 Å². The van der Waals surface area contributed by atoms with Crippen molar-refractivity contribution in [3.05, 3.63) is 34.7 Å². The molecule has 2 rings (SSSR count). The largest absolute Gasteiger partial charge is 0.359 e. The van der Waals surface area contributed by atoms with E-state index in [0.29, 0.717) is 12.3 Å². The summed E-state index contributed by atoms with van der Waals surface area (Å²) in [5.74, 6) is 1.53. The van der Waals surface area contributed by atoms with Crippen LogP contribution in [0.15, 0.2) is 34.2 Å². The molecule has 1 aliphatic heterocycles. The number of amides is 1. The van der Waals surface area contributed by atoms with Crippen LogP contribution in [0, 0.1) is 5.92 Å². The summed E-state index contributed by atoms with van der Waals surface area (Å²) in [4.78, 5) is 29.8. The quantitative estimate of drug-likeness (QED) is 0.265. The lowest BCUT2D eigenvalue weighted by atomic mass is 9.93. The molecule has 0 atom stereocenters. The molecule has 27 heavy (non-hydrogen) atoms. The number of aromatic nitrogens is 1. The molecule has 1 aromatic heterocycles. The van der Waals surface area contributed by atoms with Crippen LogP contribution in [-0.4, -0.2) is 55.1 Å². The van der Waals surface area contributed by atoms with Gasteiger partial charge < -0.3 is 20.1 Å². The van der Waals surface area contributed by atoms with E-state index in [2.05, 4.69) is 20.5 Å². The minimum atomic E-state index is 0. The third-order valence-corrected chi connectivity index (χ3v) is 4.89. The van der Waals surface area contributed by atoms with Crippen molar-refractivity contribution in [2.75, 3.05) is 33.7 Å². The van der Waals surface area contributed by atoms with Crippen LogP contribution >= 0.6 is 24.0 Å². The first-order valence-electron chi connectivity index (χ1n) is 9.45. The number of halogens is 1. The van der Waals surface area contributed by atoms with Gasteiger partial charge >= 0.3 is 0 Å². The maximum atomic E-state index is 11.7. The highest BCUT2D eigenvalue weighted by atomic mass is 127. The molecule has 0 saturated carbocycles.